The number of aromatic hydroxyl groups is 1. The molecule has 0 bridgehead atoms. The second kappa shape index (κ2) is 6.92. The number of aromatic nitrogens is 2. The van der Waals surface area contributed by atoms with Crippen LogP contribution in [0.3, 0.4) is 0 Å². The van der Waals surface area contributed by atoms with Gasteiger partial charge in [-0.1, -0.05) is 18.2 Å². The second-order valence-electron chi connectivity index (χ2n) is 6.61. The van der Waals surface area contributed by atoms with Crippen LogP contribution in [0.25, 0.3) is 21.9 Å². The van der Waals surface area contributed by atoms with Gasteiger partial charge in [0.1, 0.15) is 5.58 Å². The smallest absolute Gasteiger partial charge is 0.287 e. The lowest BCUT2D eigenvalue weighted by atomic mass is 10.2. The molecular weight excluding hydrogens is 358 g/mol. The molecule has 0 aliphatic heterocycles. The summed E-state index contributed by atoms with van der Waals surface area (Å²) in [5, 5.41) is 14.7. The summed E-state index contributed by atoms with van der Waals surface area (Å²) < 4.78 is 12.8. The van der Waals surface area contributed by atoms with Crippen LogP contribution in [0.1, 0.15) is 28.6 Å². The first-order valence-electron chi connectivity index (χ1n) is 9.05. The Bertz CT molecular complexity index is 1190. The van der Waals surface area contributed by atoms with Crippen LogP contribution in [0.4, 0.5) is 0 Å². The quantitative estimate of drug-likeness (QED) is 0.551. The highest BCUT2D eigenvalue weighted by atomic mass is 16.5. The van der Waals surface area contributed by atoms with Gasteiger partial charge in [0.05, 0.1) is 18.0 Å². The summed E-state index contributed by atoms with van der Waals surface area (Å²) in [7, 11) is 1.53. The van der Waals surface area contributed by atoms with Crippen molar-refractivity contribution in [3.63, 3.8) is 0 Å². The molecule has 0 atom stereocenters. The van der Waals surface area contributed by atoms with E-state index in [4.69, 9.17) is 9.15 Å². The fourth-order valence-electron chi connectivity index (χ4n) is 3.32. The summed E-state index contributed by atoms with van der Waals surface area (Å²) in [6, 6.07) is 9.28. The average Bonchev–Trinajstić information content (AvgIpc) is 3.27. The molecule has 4 aromatic rings. The number of benzene rings is 1. The predicted octanol–water partition coefficient (Wildman–Crippen LogP) is 3.76. The number of fused-ring (bicyclic) bond motifs is 2. The molecular formula is C21H21N3O4. The van der Waals surface area contributed by atoms with E-state index in [0.717, 1.165) is 10.9 Å². The first-order chi connectivity index (χ1) is 13.5. The molecule has 0 unspecified atom stereocenters. The van der Waals surface area contributed by atoms with Crippen molar-refractivity contribution in [3.05, 3.63) is 53.4 Å². The van der Waals surface area contributed by atoms with Crippen LogP contribution in [-0.2, 0) is 13.1 Å². The minimum absolute atomic E-state index is 0.146. The summed E-state index contributed by atoms with van der Waals surface area (Å²) in [6.45, 7) is 4.69. The zero-order chi connectivity index (χ0) is 19.8. The highest BCUT2D eigenvalue weighted by Gasteiger charge is 2.17. The van der Waals surface area contributed by atoms with Crippen LogP contribution >= 0.6 is 0 Å². The number of ether oxygens (including phenoxy) is 1. The molecule has 1 amide bonds. The molecule has 0 fully saturated rings. The van der Waals surface area contributed by atoms with E-state index >= 15 is 0 Å². The molecule has 3 aromatic heterocycles. The molecule has 0 spiro atoms. The Labute approximate surface area is 161 Å². The SMILES string of the molecule is CCn1cc2nc(OC)c(CNC(=O)c3cc4cccc(C)c4o3)cc2c1O. The van der Waals surface area contributed by atoms with Gasteiger partial charge in [-0.2, -0.15) is 0 Å². The van der Waals surface area contributed by atoms with E-state index < -0.39 is 0 Å². The Kier molecular flexibility index (Phi) is 4.43. The normalized spacial score (nSPS) is 11.2. The van der Waals surface area contributed by atoms with E-state index in [1.165, 1.54) is 7.11 Å². The third kappa shape index (κ3) is 2.94. The largest absolute Gasteiger partial charge is 0.494 e. The van der Waals surface area contributed by atoms with E-state index in [1.807, 2.05) is 32.0 Å². The van der Waals surface area contributed by atoms with E-state index in [9.17, 15) is 9.90 Å². The van der Waals surface area contributed by atoms with E-state index in [0.29, 0.717) is 34.5 Å². The second-order valence-corrected chi connectivity index (χ2v) is 6.61. The van der Waals surface area contributed by atoms with E-state index in [-0.39, 0.29) is 24.1 Å². The molecule has 0 saturated heterocycles. The van der Waals surface area contributed by atoms with Crippen LogP contribution in [0.15, 0.2) is 40.9 Å². The van der Waals surface area contributed by atoms with Crippen molar-refractivity contribution >= 4 is 27.8 Å². The summed E-state index contributed by atoms with van der Waals surface area (Å²) >= 11 is 0. The topological polar surface area (TPSA) is 89.5 Å². The van der Waals surface area contributed by atoms with Gasteiger partial charge in [0.25, 0.3) is 5.91 Å². The van der Waals surface area contributed by atoms with Gasteiger partial charge in [-0.3, -0.25) is 4.79 Å². The van der Waals surface area contributed by atoms with Crippen molar-refractivity contribution in [1.82, 2.24) is 14.9 Å². The number of carbonyl (C=O) groups is 1. The zero-order valence-electron chi connectivity index (χ0n) is 15.9. The van der Waals surface area contributed by atoms with Crippen molar-refractivity contribution in [2.45, 2.75) is 26.9 Å². The summed E-state index contributed by atoms with van der Waals surface area (Å²) in [5.74, 6) is 0.472. The molecule has 0 saturated carbocycles. The number of nitrogens with one attached hydrogen (secondary N) is 1. The van der Waals surface area contributed by atoms with E-state index in [1.54, 1.807) is 22.9 Å². The van der Waals surface area contributed by atoms with Crippen molar-refractivity contribution in [3.8, 4) is 11.8 Å². The number of methoxy groups -OCH3 is 1. The fourth-order valence-corrected chi connectivity index (χ4v) is 3.32. The molecule has 3 heterocycles. The van der Waals surface area contributed by atoms with Crippen molar-refractivity contribution in [2.24, 2.45) is 0 Å². The summed E-state index contributed by atoms with van der Waals surface area (Å²) in [5.41, 5.74) is 2.99. The minimum atomic E-state index is -0.326. The van der Waals surface area contributed by atoms with Crippen molar-refractivity contribution < 1.29 is 19.1 Å². The Morgan fingerprint density at radius 2 is 2.18 bits per heavy atom. The molecule has 0 radical (unpaired) electrons. The molecule has 7 nitrogen and oxygen atoms in total. The van der Waals surface area contributed by atoms with Gasteiger partial charge < -0.3 is 24.1 Å². The molecule has 1 aromatic carbocycles. The van der Waals surface area contributed by atoms with Crippen LogP contribution in [-0.4, -0.2) is 27.7 Å². The van der Waals surface area contributed by atoms with Gasteiger partial charge in [0.2, 0.25) is 11.8 Å². The van der Waals surface area contributed by atoms with E-state index in [2.05, 4.69) is 10.3 Å². The molecule has 28 heavy (non-hydrogen) atoms. The third-order valence-electron chi connectivity index (χ3n) is 4.82. The van der Waals surface area contributed by atoms with Crippen LogP contribution in [0, 0.1) is 6.92 Å². The van der Waals surface area contributed by atoms with Crippen molar-refractivity contribution in [1.29, 1.82) is 0 Å². The number of amides is 1. The van der Waals surface area contributed by atoms with Crippen molar-refractivity contribution in [2.75, 3.05) is 7.11 Å². The van der Waals surface area contributed by atoms with Gasteiger partial charge in [-0.25, -0.2) is 4.98 Å². The molecule has 0 aliphatic carbocycles. The number of rotatable bonds is 5. The monoisotopic (exact) mass is 379 g/mol. The zero-order valence-corrected chi connectivity index (χ0v) is 15.9. The number of aryl methyl sites for hydroxylation is 2. The molecule has 4 rings (SSSR count). The number of hydrogen-bond acceptors (Lipinski definition) is 5. The number of para-hydroxylation sites is 1. The highest BCUT2D eigenvalue weighted by Crippen LogP contribution is 2.30. The minimum Gasteiger partial charge on any atom is -0.494 e. The first kappa shape index (κ1) is 17.9. The predicted molar refractivity (Wildman–Crippen MR) is 106 cm³/mol. The maximum atomic E-state index is 12.6. The third-order valence-corrected chi connectivity index (χ3v) is 4.82. The van der Waals surface area contributed by atoms with Gasteiger partial charge >= 0.3 is 0 Å². The number of pyridine rings is 1. The molecule has 0 aliphatic rings. The highest BCUT2D eigenvalue weighted by molar-refractivity contribution is 5.96. The van der Waals surface area contributed by atoms with Crippen LogP contribution < -0.4 is 10.1 Å². The maximum absolute atomic E-state index is 12.6. The lowest BCUT2D eigenvalue weighted by molar-refractivity contribution is 0.0925. The van der Waals surface area contributed by atoms with Crippen LogP contribution in [0.5, 0.6) is 11.8 Å². The summed E-state index contributed by atoms with van der Waals surface area (Å²) in [4.78, 5) is 17.0. The summed E-state index contributed by atoms with van der Waals surface area (Å²) in [6.07, 6.45) is 1.77. The Hall–Kier alpha value is -3.48. The Morgan fingerprint density at radius 3 is 2.89 bits per heavy atom. The van der Waals surface area contributed by atoms with Gasteiger partial charge in [0.15, 0.2) is 5.76 Å². The standard InChI is InChI=1S/C21H21N3O4/c1-4-24-11-16-15(21(24)26)8-14(20(23-16)27-3)10-22-19(25)17-9-13-7-5-6-12(2)18(13)28-17/h5-9,11,26H,4,10H2,1-3H3,(H,22,25). The number of hydrogen-bond donors (Lipinski definition) is 2. The maximum Gasteiger partial charge on any atom is 0.287 e. The molecule has 144 valence electrons. The molecule has 7 heteroatoms. The lowest BCUT2D eigenvalue weighted by Crippen LogP contribution is -2.22. The fraction of sp³-hybridized carbons (Fsp3) is 0.238. The first-order valence-corrected chi connectivity index (χ1v) is 9.05. The number of furan rings is 1. The molecule has 2 N–H and O–H groups in total. The lowest BCUT2D eigenvalue weighted by Gasteiger charge is -2.08. The van der Waals surface area contributed by atoms with Gasteiger partial charge in [-0.05, 0) is 31.5 Å². The van der Waals surface area contributed by atoms with Crippen LogP contribution in [0.2, 0.25) is 0 Å². The Morgan fingerprint density at radius 1 is 1.36 bits per heavy atom. The average molecular weight is 379 g/mol. The van der Waals surface area contributed by atoms with Gasteiger partial charge in [-0.15, -0.1) is 0 Å². The number of nitrogens with zero attached hydrogens (tertiary/aromatic N) is 2. The number of carbonyl (C=O) groups excluding carboxylic acids is 1. The van der Waals surface area contributed by atoms with Gasteiger partial charge in [0, 0.05) is 30.2 Å². The Balaban J connectivity index is 1.61.